The first-order chi connectivity index (χ1) is 17.9. The number of fused-ring (bicyclic) bond motifs is 1. The summed E-state index contributed by atoms with van der Waals surface area (Å²) in [5, 5.41) is 35.4. The van der Waals surface area contributed by atoms with Crippen LogP contribution in [0.3, 0.4) is 0 Å². The van der Waals surface area contributed by atoms with Crippen LogP contribution in [0.4, 0.5) is 0 Å². The lowest BCUT2D eigenvalue weighted by molar-refractivity contribution is -0.142. The summed E-state index contributed by atoms with van der Waals surface area (Å²) in [6, 6.07) is 1.16. The lowest BCUT2D eigenvalue weighted by Gasteiger charge is -2.24. The van der Waals surface area contributed by atoms with Crippen molar-refractivity contribution in [3.63, 3.8) is 0 Å². The summed E-state index contributed by atoms with van der Waals surface area (Å²) in [6.45, 7) is -0.931. The number of aromatic nitrogens is 1. The van der Waals surface area contributed by atoms with Crippen molar-refractivity contribution in [3.8, 4) is 0 Å². The molecule has 1 aromatic heterocycles. The van der Waals surface area contributed by atoms with Gasteiger partial charge in [0.15, 0.2) is 0 Å². The molecule has 0 spiro atoms. The maximum absolute atomic E-state index is 13.0. The monoisotopic (exact) mass is 534 g/mol. The summed E-state index contributed by atoms with van der Waals surface area (Å²) in [6.07, 6.45) is 0.123. The fraction of sp³-hybridized carbons (Fsp3) is 0.391. The number of aromatic amines is 1. The highest BCUT2D eigenvalue weighted by molar-refractivity contribution is 5.95. The normalized spacial score (nSPS) is 14.1. The minimum Gasteiger partial charge on any atom is -0.481 e. The van der Waals surface area contributed by atoms with E-state index in [2.05, 4.69) is 20.9 Å². The topological polar surface area (TPSA) is 267 Å². The van der Waals surface area contributed by atoms with Crippen molar-refractivity contribution in [3.05, 3.63) is 36.0 Å². The van der Waals surface area contributed by atoms with Crippen LogP contribution in [0.5, 0.6) is 0 Å². The number of H-pyrrole nitrogens is 1. The smallest absolute Gasteiger partial charge is 0.326 e. The standard InChI is InChI=1S/C23H30N6O9/c24-13(8-19(32)33)20(34)29-17(10-30)22(36)27-15(5-6-18(25)31)21(35)28-16(23(37)38)7-11-9-26-14-4-2-1-3-12(11)14/h1-4,9,13,15-17,26,30H,5-8,10,24H2,(H2,25,31)(H,27,36)(H,28,35)(H,29,34)(H,32,33)(H,37,38). The van der Waals surface area contributed by atoms with Gasteiger partial charge in [-0.05, 0) is 18.1 Å². The number of hydrogen-bond donors (Lipinski definition) is 9. The number of nitrogens with two attached hydrogens (primary N) is 2. The molecule has 0 aliphatic rings. The van der Waals surface area contributed by atoms with Gasteiger partial charge in [-0.2, -0.15) is 0 Å². The van der Waals surface area contributed by atoms with E-state index in [1.54, 1.807) is 30.5 Å². The average Bonchev–Trinajstić information content (AvgIpc) is 3.26. The molecule has 4 unspecified atom stereocenters. The van der Waals surface area contributed by atoms with E-state index < -0.39 is 72.8 Å². The Labute approximate surface area is 215 Å². The molecule has 1 aromatic carbocycles. The molecule has 0 bridgehead atoms. The van der Waals surface area contributed by atoms with Gasteiger partial charge in [0.1, 0.15) is 18.1 Å². The van der Waals surface area contributed by atoms with Gasteiger partial charge in [0, 0.05) is 29.9 Å². The second-order valence-electron chi connectivity index (χ2n) is 8.48. The summed E-state index contributed by atoms with van der Waals surface area (Å²) in [5.41, 5.74) is 12.0. The molecule has 1 heterocycles. The number of rotatable bonds is 15. The number of benzene rings is 1. The van der Waals surface area contributed by atoms with Gasteiger partial charge < -0.3 is 47.7 Å². The van der Waals surface area contributed by atoms with Gasteiger partial charge in [-0.15, -0.1) is 0 Å². The van der Waals surface area contributed by atoms with Crippen LogP contribution in [-0.2, 0) is 35.2 Å². The van der Waals surface area contributed by atoms with E-state index >= 15 is 0 Å². The van der Waals surface area contributed by atoms with Gasteiger partial charge in [-0.3, -0.25) is 24.0 Å². The zero-order valence-corrected chi connectivity index (χ0v) is 20.2. The SMILES string of the molecule is NC(=O)CCC(NC(=O)C(CO)NC(=O)C(N)CC(=O)O)C(=O)NC(Cc1c[nH]c2ccccc12)C(=O)O. The fourth-order valence-corrected chi connectivity index (χ4v) is 3.57. The summed E-state index contributed by atoms with van der Waals surface area (Å²) < 4.78 is 0. The molecule has 0 saturated heterocycles. The molecule has 4 atom stereocenters. The maximum atomic E-state index is 13.0. The molecule has 2 aromatic rings. The number of carboxylic acids is 2. The molecule has 15 heteroatoms. The van der Waals surface area contributed by atoms with Crippen LogP contribution < -0.4 is 27.4 Å². The first kappa shape index (κ1) is 29.7. The molecule has 0 saturated carbocycles. The second kappa shape index (κ2) is 13.7. The first-order valence-corrected chi connectivity index (χ1v) is 11.5. The van der Waals surface area contributed by atoms with Gasteiger partial charge in [-0.25, -0.2) is 4.79 Å². The van der Waals surface area contributed by atoms with E-state index in [0.717, 1.165) is 10.9 Å². The molecular formula is C23H30N6O9. The van der Waals surface area contributed by atoms with Gasteiger partial charge in [0.2, 0.25) is 23.6 Å². The Balaban J connectivity index is 2.14. The van der Waals surface area contributed by atoms with Crippen LogP contribution in [0.2, 0.25) is 0 Å². The highest BCUT2D eigenvalue weighted by Gasteiger charge is 2.31. The Morgan fingerprint density at radius 3 is 2.11 bits per heavy atom. The number of amides is 4. The molecular weight excluding hydrogens is 504 g/mol. The molecule has 38 heavy (non-hydrogen) atoms. The highest BCUT2D eigenvalue weighted by atomic mass is 16.4. The number of carbonyl (C=O) groups is 6. The van der Waals surface area contributed by atoms with Crippen molar-refractivity contribution >= 4 is 46.5 Å². The van der Waals surface area contributed by atoms with Crippen LogP contribution in [0.1, 0.15) is 24.8 Å². The molecule has 15 nitrogen and oxygen atoms in total. The largest absolute Gasteiger partial charge is 0.481 e. The molecule has 4 amide bonds. The van der Waals surface area contributed by atoms with Crippen molar-refractivity contribution in [2.45, 2.75) is 49.9 Å². The number of primary amides is 1. The van der Waals surface area contributed by atoms with E-state index in [9.17, 15) is 39.0 Å². The van der Waals surface area contributed by atoms with Crippen LogP contribution >= 0.6 is 0 Å². The molecule has 0 aliphatic carbocycles. The molecule has 11 N–H and O–H groups in total. The van der Waals surface area contributed by atoms with Crippen molar-refractivity contribution < 1.29 is 44.1 Å². The zero-order valence-electron chi connectivity index (χ0n) is 20.2. The Morgan fingerprint density at radius 1 is 0.895 bits per heavy atom. The summed E-state index contributed by atoms with van der Waals surface area (Å²) in [7, 11) is 0. The number of carbonyl (C=O) groups excluding carboxylic acids is 4. The van der Waals surface area contributed by atoms with Gasteiger partial charge in [0.05, 0.1) is 19.1 Å². The lowest BCUT2D eigenvalue weighted by Crippen LogP contribution is -2.58. The number of para-hydroxylation sites is 1. The second-order valence-corrected chi connectivity index (χ2v) is 8.48. The summed E-state index contributed by atoms with van der Waals surface area (Å²) in [4.78, 5) is 74.7. The Morgan fingerprint density at radius 2 is 1.50 bits per heavy atom. The quantitative estimate of drug-likeness (QED) is 0.114. The van der Waals surface area contributed by atoms with E-state index in [1.165, 1.54) is 0 Å². The first-order valence-electron chi connectivity index (χ1n) is 11.5. The third-order valence-corrected chi connectivity index (χ3v) is 5.57. The third-order valence-electron chi connectivity index (χ3n) is 5.57. The summed E-state index contributed by atoms with van der Waals surface area (Å²) >= 11 is 0. The van der Waals surface area contributed by atoms with Crippen molar-refractivity contribution in [2.24, 2.45) is 11.5 Å². The van der Waals surface area contributed by atoms with Crippen molar-refractivity contribution in [1.82, 2.24) is 20.9 Å². The molecule has 0 fully saturated rings. The number of aliphatic hydroxyl groups is 1. The molecule has 0 radical (unpaired) electrons. The minimum atomic E-state index is -1.62. The van der Waals surface area contributed by atoms with E-state index in [4.69, 9.17) is 16.6 Å². The number of carboxylic acid groups (broad SMARTS) is 2. The van der Waals surface area contributed by atoms with Crippen LogP contribution in [0.25, 0.3) is 10.9 Å². The highest BCUT2D eigenvalue weighted by Crippen LogP contribution is 2.19. The van der Waals surface area contributed by atoms with E-state index in [-0.39, 0.29) is 19.3 Å². The Bertz CT molecular complexity index is 1200. The number of hydrogen-bond acceptors (Lipinski definition) is 8. The average molecular weight is 535 g/mol. The Kier molecular flexibility index (Phi) is 10.7. The van der Waals surface area contributed by atoms with E-state index in [1.807, 2.05) is 0 Å². The van der Waals surface area contributed by atoms with Gasteiger partial charge in [-0.1, -0.05) is 18.2 Å². The van der Waals surface area contributed by atoms with Gasteiger partial charge in [0.25, 0.3) is 0 Å². The third kappa shape index (κ3) is 8.56. The number of aliphatic carboxylic acids is 2. The molecule has 206 valence electrons. The maximum Gasteiger partial charge on any atom is 0.326 e. The lowest BCUT2D eigenvalue weighted by atomic mass is 10.0. The predicted octanol–water partition coefficient (Wildman–Crippen LogP) is -2.69. The number of nitrogens with one attached hydrogen (secondary N) is 4. The molecule has 0 aliphatic heterocycles. The van der Waals surface area contributed by atoms with Crippen molar-refractivity contribution in [2.75, 3.05) is 6.61 Å². The summed E-state index contributed by atoms with van der Waals surface area (Å²) in [5.74, 6) is -6.55. The zero-order chi connectivity index (χ0) is 28.4. The fourth-order valence-electron chi connectivity index (χ4n) is 3.57. The van der Waals surface area contributed by atoms with Crippen LogP contribution in [-0.4, -0.2) is 86.6 Å². The predicted molar refractivity (Wildman–Crippen MR) is 131 cm³/mol. The molecule has 2 rings (SSSR count). The van der Waals surface area contributed by atoms with E-state index in [0.29, 0.717) is 5.56 Å². The van der Waals surface area contributed by atoms with Crippen molar-refractivity contribution in [1.29, 1.82) is 0 Å². The van der Waals surface area contributed by atoms with Crippen LogP contribution in [0.15, 0.2) is 30.5 Å². The van der Waals surface area contributed by atoms with Crippen LogP contribution in [0, 0.1) is 0 Å². The number of aliphatic hydroxyl groups excluding tert-OH is 1. The minimum absolute atomic E-state index is 0.0988. The van der Waals surface area contributed by atoms with Gasteiger partial charge >= 0.3 is 11.9 Å². The Hall–Kier alpha value is -4.50.